The zero-order chi connectivity index (χ0) is 8.53. The quantitative estimate of drug-likeness (QED) is 0.606. The molecule has 1 aliphatic carbocycles. The van der Waals surface area contributed by atoms with Crippen LogP contribution in [0.25, 0.3) is 0 Å². The maximum Gasteiger partial charge on any atom is 0.120 e. The molecule has 12 heavy (non-hydrogen) atoms. The van der Waals surface area contributed by atoms with E-state index in [-0.39, 0.29) is 5.48 Å². The molecule has 0 spiro atoms. The topological polar surface area (TPSA) is 48.6 Å². The number of carbonyl (C=O) groups excluding carboxylic acids is 1. The van der Waals surface area contributed by atoms with Gasteiger partial charge in [0.1, 0.15) is 6.29 Å². The molecule has 0 aliphatic heterocycles. The van der Waals surface area contributed by atoms with Crippen LogP contribution >= 0.6 is 0 Å². The molecule has 0 atom stereocenters. The van der Waals surface area contributed by atoms with Crippen LogP contribution in [-0.2, 0) is 4.79 Å². The standard InChI is InChI=1S/C8H14O.C2H6.H2O/c9-7-3-6-8-4-1-2-5-8;1-2;/h7-8H,1-6H2;1-2H3;1H2. The Morgan fingerprint density at radius 1 is 1.25 bits per heavy atom. The molecule has 0 heterocycles. The molecule has 2 heteroatoms. The van der Waals surface area contributed by atoms with Crippen molar-refractivity contribution in [1.29, 1.82) is 0 Å². The Morgan fingerprint density at radius 3 is 2.17 bits per heavy atom. The van der Waals surface area contributed by atoms with Gasteiger partial charge in [-0.25, -0.2) is 0 Å². The normalized spacial score (nSPS) is 15.8. The summed E-state index contributed by atoms with van der Waals surface area (Å²) in [6, 6.07) is 0. The van der Waals surface area contributed by atoms with Crippen LogP contribution in [0.3, 0.4) is 0 Å². The summed E-state index contributed by atoms with van der Waals surface area (Å²) in [7, 11) is 0. The van der Waals surface area contributed by atoms with Crippen LogP contribution in [0.2, 0.25) is 0 Å². The molecule has 0 unspecified atom stereocenters. The molecule has 0 saturated heterocycles. The van der Waals surface area contributed by atoms with Crippen molar-refractivity contribution in [2.45, 2.75) is 52.4 Å². The van der Waals surface area contributed by atoms with Crippen LogP contribution in [0.15, 0.2) is 0 Å². The summed E-state index contributed by atoms with van der Waals surface area (Å²) in [6.45, 7) is 4.00. The van der Waals surface area contributed by atoms with Crippen molar-refractivity contribution >= 4 is 6.29 Å². The maximum atomic E-state index is 9.96. The Bertz CT molecular complexity index is 85.8. The monoisotopic (exact) mass is 174 g/mol. The summed E-state index contributed by atoms with van der Waals surface area (Å²) in [5, 5.41) is 0. The molecular formula is C10H22O2. The molecule has 74 valence electrons. The van der Waals surface area contributed by atoms with Gasteiger partial charge in [-0.1, -0.05) is 39.5 Å². The van der Waals surface area contributed by atoms with E-state index in [4.69, 9.17) is 0 Å². The average Bonchev–Trinajstić information content (AvgIpc) is 2.57. The largest absolute Gasteiger partial charge is 0.412 e. The lowest BCUT2D eigenvalue weighted by Gasteiger charge is -2.02. The first-order chi connectivity index (χ1) is 5.43. The van der Waals surface area contributed by atoms with Crippen LogP contribution in [0, 0.1) is 5.92 Å². The van der Waals surface area contributed by atoms with Crippen molar-refractivity contribution in [3.63, 3.8) is 0 Å². The second-order valence-electron chi connectivity index (χ2n) is 2.89. The fourth-order valence-corrected chi connectivity index (χ4v) is 1.60. The van der Waals surface area contributed by atoms with E-state index in [0.29, 0.717) is 0 Å². The van der Waals surface area contributed by atoms with Gasteiger partial charge in [-0.05, 0) is 12.3 Å². The van der Waals surface area contributed by atoms with Crippen molar-refractivity contribution in [2.24, 2.45) is 5.92 Å². The molecule has 0 aromatic rings. The third kappa shape index (κ3) is 6.35. The van der Waals surface area contributed by atoms with Crippen molar-refractivity contribution in [1.82, 2.24) is 0 Å². The Balaban J connectivity index is 0. The molecule has 2 N–H and O–H groups in total. The number of carbonyl (C=O) groups is 1. The molecule has 1 aliphatic rings. The second kappa shape index (κ2) is 10.6. The SMILES string of the molecule is CC.O.O=CCCC1CCCC1. The van der Waals surface area contributed by atoms with Gasteiger partial charge in [0.15, 0.2) is 0 Å². The molecule has 0 bridgehead atoms. The number of hydrogen-bond acceptors (Lipinski definition) is 1. The van der Waals surface area contributed by atoms with E-state index in [0.717, 1.165) is 25.0 Å². The van der Waals surface area contributed by atoms with E-state index >= 15 is 0 Å². The third-order valence-electron chi connectivity index (χ3n) is 2.17. The number of hydrogen-bond donors (Lipinski definition) is 0. The van der Waals surface area contributed by atoms with Crippen LogP contribution < -0.4 is 0 Å². The van der Waals surface area contributed by atoms with Gasteiger partial charge >= 0.3 is 0 Å². The lowest BCUT2D eigenvalue weighted by atomic mass is 10.0. The predicted octanol–water partition coefficient (Wildman–Crippen LogP) is 2.36. The van der Waals surface area contributed by atoms with E-state index in [1.54, 1.807) is 0 Å². The van der Waals surface area contributed by atoms with Gasteiger partial charge in [0, 0.05) is 6.42 Å². The second-order valence-corrected chi connectivity index (χ2v) is 2.89. The minimum Gasteiger partial charge on any atom is -0.412 e. The van der Waals surface area contributed by atoms with Gasteiger partial charge in [0.25, 0.3) is 0 Å². The van der Waals surface area contributed by atoms with Gasteiger partial charge in [0.05, 0.1) is 0 Å². The van der Waals surface area contributed by atoms with Crippen LogP contribution in [0.4, 0.5) is 0 Å². The molecule has 1 fully saturated rings. The smallest absolute Gasteiger partial charge is 0.120 e. The Morgan fingerprint density at radius 2 is 1.75 bits per heavy atom. The van der Waals surface area contributed by atoms with Gasteiger partial charge in [-0.3, -0.25) is 0 Å². The first-order valence-corrected chi connectivity index (χ1v) is 4.87. The van der Waals surface area contributed by atoms with Crippen molar-refractivity contribution in [3.8, 4) is 0 Å². The van der Waals surface area contributed by atoms with Gasteiger partial charge in [-0.2, -0.15) is 0 Å². The van der Waals surface area contributed by atoms with E-state index < -0.39 is 0 Å². The van der Waals surface area contributed by atoms with Crippen molar-refractivity contribution < 1.29 is 10.3 Å². The zero-order valence-corrected chi connectivity index (χ0v) is 8.31. The highest BCUT2D eigenvalue weighted by molar-refractivity contribution is 5.49. The van der Waals surface area contributed by atoms with Gasteiger partial charge in [-0.15, -0.1) is 0 Å². The van der Waals surface area contributed by atoms with Gasteiger partial charge < -0.3 is 10.3 Å². The molecule has 1 saturated carbocycles. The lowest BCUT2D eigenvalue weighted by Crippen LogP contribution is -1.92. The summed E-state index contributed by atoms with van der Waals surface area (Å²) in [4.78, 5) is 9.96. The number of rotatable bonds is 3. The van der Waals surface area contributed by atoms with Gasteiger partial charge in [0.2, 0.25) is 0 Å². The zero-order valence-electron chi connectivity index (χ0n) is 8.31. The molecule has 0 aromatic carbocycles. The molecule has 2 nitrogen and oxygen atoms in total. The summed E-state index contributed by atoms with van der Waals surface area (Å²) in [5.41, 5.74) is 0. The molecule has 0 aromatic heterocycles. The highest BCUT2D eigenvalue weighted by atomic mass is 16.1. The van der Waals surface area contributed by atoms with E-state index in [1.165, 1.54) is 25.7 Å². The van der Waals surface area contributed by atoms with E-state index in [9.17, 15) is 4.79 Å². The summed E-state index contributed by atoms with van der Waals surface area (Å²) >= 11 is 0. The van der Waals surface area contributed by atoms with Crippen molar-refractivity contribution in [3.05, 3.63) is 0 Å². The number of aldehydes is 1. The summed E-state index contributed by atoms with van der Waals surface area (Å²) in [6.07, 6.45) is 8.49. The highest BCUT2D eigenvalue weighted by Crippen LogP contribution is 2.27. The Kier molecular flexibility index (Phi) is 12.6. The fourth-order valence-electron chi connectivity index (χ4n) is 1.60. The first-order valence-electron chi connectivity index (χ1n) is 4.87. The fraction of sp³-hybridized carbons (Fsp3) is 0.900. The first kappa shape index (κ1) is 14.2. The molecule has 0 radical (unpaired) electrons. The average molecular weight is 174 g/mol. The highest BCUT2D eigenvalue weighted by Gasteiger charge is 2.13. The van der Waals surface area contributed by atoms with Crippen molar-refractivity contribution in [2.75, 3.05) is 0 Å². The maximum absolute atomic E-state index is 9.96. The Labute approximate surface area is 75.7 Å². The minimum atomic E-state index is 0. The van der Waals surface area contributed by atoms with Crippen LogP contribution in [0.5, 0.6) is 0 Å². The van der Waals surface area contributed by atoms with Crippen LogP contribution in [-0.4, -0.2) is 11.8 Å². The van der Waals surface area contributed by atoms with E-state index in [1.807, 2.05) is 13.8 Å². The Hall–Kier alpha value is -0.370. The minimum absolute atomic E-state index is 0. The molecule has 0 amide bonds. The summed E-state index contributed by atoms with van der Waals surface area (Å²) < 4.78 is 0. The van der Waals surface area contributed by atoms with Crippen LogP contribution in [0.1, 0.15) is 52.4 Å². The predicted molar refractivity (Wildman–Crippen MR) is 52.2 cm³/mol. The molecular weight excluding hydrogens is 152 g/mol. The van der Waals surface area contributed by atoms with E-state index in [2.05, 4.69) is 0 Å². The molecule has 1 rings (SSSR count). The lowest BCUT2D eigenvalue weighted by molar-refractivity contribution is -0.108. The third-order valence-corrected chi connectivity index (χ3v) is 2.17. The summed E-state index contributed by atoms with van der Waals surface area (Å²) in [5.74, 6) is 0.884.